The minimum Gasteiger partial charge on any atom is -0.497 e. The number of esters is 1. The molecule has 1 atom stereocenters. The van der Waals surface area contributed by atoms with E-state index in [1.807, 2.05) is 18.2 Å². The number of H-pyrrole nitrogens is 1. The molecule has 0 aliphatic heterocycles. The van der Waals surface area contributed by atoms with Crippen LogP contribution in [0.25, 0.3) is 10.9 Å². The van der Waals surface area contributed by atoms with Gasteiger partial charge in [-0.05, 0) is 24.6 Å². The van der Waals surface area contributed by atoms with Gasteiger partial charge < -0.3 is 19.6 Å². The van der Waals surface area contributed by atoms with Crippen molar-refractivity contribution in [2.24, 2.45) is 0 Å². The van der Waals surface area contributed by atoms with E-state index in [1.165, 1.54) is 0 Å². The second-order valence-electron chi connectivity index (χ2n) is 5.41. The Hall–Kier alpha value is -2.79. The SMILES string of the molecule is CCOC(=O)[C@@](O)(c1ccccc1)c1c[nH]c2cc(OC)ccc12. The summed E-state index contributed by atoms with van der Waals surface area (Å²) in [6.07, 6.45) is 1.63. The van der Waals surface area contributed by atoms with Crippen LogP contribution in [-0.4, -0.2) is 29.8 Å². The van der Waals surface area contributed by atoms with Crippen LogP contribution in [0.2, 0.25) is 0 Å². The van der Waals surface area contributed by atoms with E-state index in [2.05, 4.69) is 4.98 Å². The molecule has 0 saturated heterocycles. The van der Waals surface area contributed by atoms with Crippen LogP contribution in [0.4, 0.5) is 0 Å². The lowest BCUT2D eigenvalue weighted by Crippen LogP contribution is -2.38. The summed E-state index contributed by atoms with van der Waals surface area (Å²) in [7, 11) is 1.59. The van der Waals surface area contributed by atoms with Crippen molar-refractivity contribution >= 4 is 16.9 Å². The highest BCUT2D eigenvalue weighted by molar-refractivity contribution is 5.94. The number of aliphatic hydroxyl groups is 1. The molecule has 1 aromatic heterocycles. The fourth-order valence-corrected chi connectivity index (χ4v) is 2.83. The van der Waals surface area contributed by atoms with Crippen molar-refractivity contribution in [3.8, 4) is 5.75 Å². The Morgan fingerprint density at radius 3 is 2.62 bits per heavy atom. The summed E-state index contributed by atoms with van der Waals surface area (Å²) in [5, 5.41) is 12.1. The second-order valence-corrected chi connectivity index (χ2v) is 5.41. The molecule has 0 amide bonds. The Labute approximate surface area is 139 Å². The normalized spacial score (nSPS) is 13.5. The van der Waals surface area contributed by atoms with E-state index in [0.29, 0.717) is 16.9 Å². The molecule has 5 heteroatoms. The molecule has 0 saturated carbocycles. The van der Waals surface area contributed by atoms with Gasteiger partial charge in [0.25, 0.3) is 0 Å². The van der Waals surface area contributed by atoms with Gasteiger partial charge in [-0.2, -0.15) is 0 Å². The molecule has 0 unspecified atom stereocenters. The number of carbonyl (C=O) groups excluding carboxylic acids is 1. The Bertz CT molecular complexity index is 856. The van der Waals surface area contributed by atoms with Crippen LogP contribution in [0.1, 0.15) is 18.1 Å². The molecular weight excluding hydrogens is 306 g/mol. The van der Waals surface area contributed by atoms with Crippen LogP contribution in [0, 0.1) is 0 Å². The molecule has 124 valence electrons. The minimum atomic E-state index is -1.88. The van der Waals surface area contributed by atoms with Gasteiger partial charge in [0.15, 0.2) is 0 Å². The van der Waals surface area contributed by atoms with E-state index >= 15 is 0 Å². The summed E-state index contributed by atoms with van der Waals surface area (Å²) >= 11 is 0. The van der Waals surface area contributed by atoms with Crippen LogP contribution in [-0.2, 0) is 15.1 Å². The van der Waals surface area contributed by atoms with Crippen LogP contribution in [0.3, 0.4) is 0 Å². The molecule has 24 heavy (non-hydrogen) atoms. The average Bonchev–Trinajstić information content (AvgIpc) is 3.05. The lowest BCUT2D eigenvalue weighted by molar-refractivity contribution is -0.161. The zero-order chi connectivity index (χ0) is 17.2. The van der Waals surface area contributed by atoms with Crippen LogP contribution in [0.5, 0.6) is 5.75 Å². The molecule has 0 bridgehead atoms. The molecule has 1 heterocycles. The van der Waals surface area contributed by atoms with Crippen LogP contribution >= 0.6 is 0 Å². The Balaban J connectivity index is 2.21. The lowest BCUT2D eigenvalue weighted by Gasteiger charge is -2.26. The van der Waals surface area contributed by atoms with Crippen molar-refractivity contribution in [1.82, 2.24) is 4.98 Å². The number of methoxy groups -OCH3 is 1. The number of ether oxygens (including phenoxy) is 2. The number of aromatic nitrogens is 1. The zero-order valence-electron chi connectivity index (χ0n) is 13.6. The van der Waals surface area contributed by atoms with Gasteiger partial charge in [0.05, 0.1) is 13.7 Å². The highest BCUT2D eigenvalue weighted by atomic mass is 16.5. The first-order valence-corrected chi connectivity index (χ1v) is 7.72. The van der Waals surface area contributed by atoms with E-state index in [9.17, 15) is 9.90 Å². The smallest absolute Gasteiger partial charge is 0.347 e. The second kappa shape index (κ2) is 6.37. The number of benzene rings is 2. The number of hydrogen-bond acceptors (Lipinski definition) is 4. The largest absolute Gasteiger partial charge is 0.497 e. The third kappa shape index (κ3) is 2.53. The zero-order valence-corrected chi connectivity index (χ0v) is 13.6. The third-order valence-electron chi connectivity index (χ3n) is 4.04. The molecule has 0 spiro atoms. The number of rotatable bonds is 5. The molecule has 0 aliphatic carbocycles. The number of nitrogens with one attached hydrogen (secondary N) is 1. The maximum absolute atomic E-state index is 12.6. The first kappa shape index (κ1) is 16.1. The van der Waals surface area contributed by atoms with Crippen molar-refractivity contribution in [2.75, 3.05) is 13.7 Å². The topological polar surface area (TPSA) is 71.5 Å². The quantitative estimate of drug-likeness (QED) is 0.708. The summed E-state index contributed by atoms with van der Waals surface area (Å²) in [6.45, 7) is 1.90. The highest BCUT2D eigenvalue weighted by Crippen LogP contribution is 2.36. The van der Waals surface area contributed by atoms with E-state index in [1.54, 1.807) is 50.6 Å². The van der Waals surface area contributed by atoms with Gasteiger partial charge in [-0.25, -0.2) is 4.79 Å². The van der Waals surface area contributed by atoms with Crippen molar-refractivity contribution in [2.45, 2.75) is 12.5 Å². The maximum atomic E-state index is 12.6. The molecular formula is C19H19NO4. The van der Waals surface area contributed by atoms with E-state index < -0.39 is 11.6 Å². The summed E-state index contributed by atoms with van der Waals surface area (Å²) in [4.78, 5) is 15.7. The predicted octanol–water partition coefficient (Wildman–Crippen LogP) is 2.98. The molecule has 0 radical (unpaired) electrons. The maximum Gasteiger partial charge on any atom is 0.347 e. The molecule has 5 nitrogen and oxygen atoms in total. The van der Waals surface area contributed by atoms with E-state index in [4.69, 9.17) is 9.47 Å². The minimum absolute atomic E-state index is 0.185. The molecule has 2 aromatic carbocycles. The number of aromatic amines is 1. The lowest BCUT2D eigenvalue weighted by atomic mass is 9.86. The predicted molar refractivity (Wildman–Crippen MR) is 90.9 cm³/mol. The highest BCUT2D eigenvalue weighted by Gasteiger charge is 2.43. The number of hydrogen-bond donors (Lipinski definition) is 2. The van der Waals surface area contributed by atoms with Crippen LogP contribution in [0.15, 0.2) is 54.7 Å². The molecule has 0 aliphatic rings. The third-order valence-corrected chi connectivity index (χ3v) is 4.04. The standard InChI is InChI=1S/C19H19NO4/c1-3-24-18(21)19(22,13-7-5-4-6-8-13)16-12-20-17-11-14(23-2)9-10-15(16)17/h4-12,20,22H,3H2,1-2H3/t19-/m1/s1. The Morgan fingerprint density at radius 2 is 1.96 bits per heavy atom. The van der Waals surface area contributed by atoms with Gasteiger partial charge >= 0.3 is 5.97 Å². The Kier molecular flexibility index (Phi) is 4.27. The van der Waals surface area contributed by atoms with Gasteiger partial charge in [-0.1, -0.05) is 30.3 Å². The number of carbonyl (C=O) groups is 1. The van der Waals surface area contributed by atoms with Crippen molar-refractivity contribution in [1.29, 1.82) is 0 Å². The van der Waals surface area contributed by atoms with Gasteiger partial charge in [0.1, 0.15) is 5.75 Å². The van der Waals surface area contributed by atoms with E-state index in [-0.39, 0.29) is 6.61 Å². The van der Waals surface area contributed by atoms with Crippen molar-refractivity contribution < 1.29 is 19.4 Å². The summed E-state index contributed by atoms with van der Waals surface area (Å²) < 4.78 is 10.4. The summed E-state index contributed by atoms with van der Waals surface area (Å²) in [5.41, 5.74) is -0.211. The van der Waals surface area contributed by atoms with E-state index in [0.717, 1.165) is 10.9 Å². The first-order valence-electron chi connectivity index (χ1n) is 7.72. The van der Waals surface area contributed by atoms with Gasteiger partial charge in [0.2, 0.25) is 5.60 Å². The molecule has 2 N–H and O–H groups in total. The van der Waals surface area contributed by atoms with Crippen molar-refractivity contribution in [3.05, 3.63) is 65.9 Å². The first-order chi connectivity index (χ1) is 11.6. The summed E-state index contributed by atoms with van der Waals surface area (Å²) in [6, 6.07) is 14.2. The summed E-state index contributed by atoms with van der Waals surface area (Å²) in [5.74, 6) is -0.0109. The van der Waals surface area contributed by atoms with Crippen LogP contribution < -0.4 is 4.74 Å². The van der Waals surface area contributed by atoms with Crippen molar-refractivity contribution in [3.63, 3.8) is 0 Å². The average molecular weight is 325 g/mol. The Morgan fingerprint density at radius 1 is 1.21 bits per heavy atom. The number of fused-ring (bicyclic) bond motifs is 1. The monoisotopic (exact) mass is 325 g/mol. The van der Waals surface area contributed by atoms with Gasteiger partial charge in [-0.15, -0.1) is 0 Å². The molecule has 3 rings (SSSR count). The molecule has 0 fully saturated rings. The fourth-order valence-electron chi connectivity index (χ4n) is 2.83. The molecule has 3 aromatic rings. The van der Waals surface area contributed by atoms with Gasteiger partial charge in [-0.3, -0.25) is 0 Å². The van der Waals surface area contributed by atoms with Gasteiger partial charge in [0, 0.05) is 28.7 Å². The fraction of sp³-hybridized carbons (Fsp3) is 0.211.